The van der Waals surface area contributed by atoms with Gasteiger partial charge in [0.2, 0.25) is 0 Å². The molecule has 0 amide bonds. The van der Waals surface area contributed by atoms with E-state index in [-0.39, 0.29) is 0 Å². The summed E-state index contributed by atoms with van der Waals surface area (Å²) in [4.78, 5) is 1.18. The van der Waals surface area contributed by atoms with Crippen LogP contribution >= 0.6 is 27.3 Å². The van der Waals surface area contributed by atoms with Crippen molar-refractivity contribution in [3.05, 3.63) is 27.1 Å². The molecule has 0 spiro atoms. The Balaban J connectivity index is 2.74. The van der Waals surface area contributed by atoms with Crippen LogP contribution in [0.3, 0.4) is 0 Å². The van der Waals surface area contributed by atoms with Crippen molar-refractivity contribution in [1.29, 1.82) is 0 Å². The van der Waals surface area contributed by atoms with Crippen LogP contribution in [0.2, 0.25) is 0 Å². The van der Waals surface area contributed by atoms with Crippen LogP contribution < -0.4 is 0 Å². The average molecular weight is 219 g/mol. The van der Waals surface area contributed by atoms with Crippen LogP contribution in [0, 0.1) is 0 Å². The topological polar surface area (TPSA) is 9.23 Å². The van der Waals surface area contributed by atoms with Gasteiger partial charge in [-0.1, -0.05) is 0 Å². The molecule has 0 aliphatic carbocycles. The highest BCUT2D eigenvalue weighted by atomic mass is 79.9. The Labute approximate surface area is 72.5 Å². The number of thiophene rings is 1. The minimum atomic E-state index is 1.12. The van der Waals surface area contributed by atoms with Crippen LogP contribution in [0.5, 0.6) is 0 Å². The maximum atomic E-state index is 4.78. The van der Waals surface area contributed by atoms with Crippen molar-refractivity contribution >= 4 is 33.3 Å². The van der Waals surface area contributed by atoms with E-state index in [1.54, 1.807) is 24.7 Å². The summed E-state index contributed by atoms with van der Waals surface area (Å²) in [5, 5.41) is 2.03. The van der Waals surface area contributed by atoms with Crippen molar-refractivity contribution < 1.29 is 4.74 Å². The first-order valence-electron chi connectivity index (χ1n) is 2.77. The van der Waals surface area contributed by atoms with E-state index in [0.29, 0.717) is 0 Å². The average Bonchev–Trinajstić information content (AvgIpc) is 2.31. The second-order valence-corrected chi connectivity index (χ2v) is 3.47. The molecule has 0 bridgehead atoms. The van der Waals surface area contributed by atoms with E-state index in [9.17, 15) is 0 Å². The van der Waals surface area contributed by atoms with Gasteiger partial charge in [-0.15, -0.1) is 11.3 Å². The molecule has 0 atom stereocenters. The van der Waals surface area contributed by atoms with Gasteiger partial charge >= 0.3 is 0 Å². The lowest BCUT2D eigenvalue weighted by atomic mass is 10.5. The fraction of sp³-hybridized carbons (Fsp3) is 0.143. The molecule has 0 aliphatic rings. The van der Waals surface area contributed by atoms with E-state index in [4.69, 9.17) is 4.74 Å². The van der Waals surface area contributed by atoms with Crippen LogP contribution in [-0.2, 0) is 4.74 Å². The number of hydrogen-bond acceptors (Lipinski definition) is 2. The molecule has 10 heavy (non-hydrogen) atoms. The van der Waals surface area contributed by atoms with E-state index in [1.165, 1.54) is 4.88 Å². The van der Waals surface area contributed by atoms with Crippen LogP contribution in [0.1, 0.15) is 4.88 Å². The van der Waals surface area contributed by atoms with Crippen molar-refractivity contribution in [2.24, 2.45) is 0 Å². The summed E-state index contributed by atoms with van der Waals surface area (Å²) in [5.41, 5.74) is 0. The first-order valence-corrected chi connectivity index (χ1v) is 4.44. The van der Waals surface area contributed by atoms with Gasteiger partial charge in [0.1, 0.15) is 0 Å². The molecule has 0 N–H and O–H groups in total. The van der Waals surface area contributed by atoms with E-state index in [2.05, 4.69) is 15.9 Å². The normalized spacial score (nSPS) is 10.6. The second kappa shape index (κ2) is 3.78. The molecule has 1 aromatic rings. The summed E-state index contributed by atoms with van der Waals surface area (Å²) >= 11 is 5.08. The van der Waals surface area contributed by atoms with Gasteiger partial charge < -0.3 is 4.74 Å². The van der Waals surface area contributed by atoms with Crippen LogP contribution in [0.25, 0.3) is 6.08 Å². The van der Waals surface area contributed by atoms with Gasteiger partial charge in [-0.25, -0.2) is 0 Å². The molecule has 54 valence electrons. The summed E-state index contributed by atoms with van der Waals surface area (Å²) < 4.78 is 5.89. The number of ether oxygens (including phenoxy) is 1. The lowest BCUT2D eigenvalue weighted by Gasteiger charge is -1.86. The maximum Gasteiger partial charge on any atom is 0.0839 e. The van der Waals surface area contributed by atoms with E-state index < -0.39 is 0 Å². The van der Waals surface area contributed by atoms with Crippen molar-refractivity contribution in [1.82, 2.24) is 0 Å². The smallest absolute Gasteiger partial charge is 0.0839 e. The summed E-state index contributed by atoms with van der Waals surface area (Å²) in [7, 11) is 1.64. The van der Waals surface area contributed by atoms with Crippen molar-refractivity contribution in [3.63, 3.8) is 0 Å². The van der Waals surface area contributed by atoms with Crippen LogP contribution in [0.4, 0.5) is 0 Å². The third-order valence-corrected chi connectivity index (χ3v) is 2.84. The Morgan fingerprint density at radius 2 is 2.50 bits per heavy atom. The molecule has 3 heteroatoms. The first kappa shape index (κ1) is 7.82. The minimum absolute atomic E-state index is 1.12. The highest BCUT2D eigenvalue weighted by Gasteiger charge is 1.94. The van der Waals surface area contributed by atoms with Gasteiger partial charge in [-0.3, -0.25) is 0 Å². The van der Waals surface area contributed by atoms with Crippen LogP contribution in [0.15, 0.2) is 22.2 Å². The zero-order chi connectivity index (χ0) is 7.40. The Hall–Kier alpha value is -0.280. The van der Waals surface area contributed by atoms with Gasteiger partial charge in [0.15, 0.2) is 0 Å². The van der Waals surface area contributed by atoms with Gasteiger partial charge in [0.05, 0.1) is 13.4 Å². The van der Waals surface area contributed by atoms with Crippen molar-refractivity contribution in [3.8, 4) is 0 Å². The summed E-state index contributed by atoms with van der Waals surface area (Å²) in [6, 6.07) is 2.01. The largest absolute Gasteiger partial charge is 0.504 e. The van der Waals surface area contributed by atoms with Gasteiger partial charge in [0, 0.05) is 9.35 Å². The highest BCUT2D eigenvalue weighted by Crippen LogP contribution is 2.23. The van der Waals surface area contributed by atoms with Gasteiger partial charge in [-0.05, 0) is 33.5 Å². The minimum Gasteiger partial charge on any atom is -0.504 e. The first-order chi connectivity index (χ1) is 4.84. The fourth-order valence-corrected chi connectivity index (χ4v) is 1.94. The molecule has 1 heterocycles. The molecule has 1 aromatic heterocycles. The molecule has 1 nitrogen and oxygen atoms in total. The second-order valence-electron chi connectivity index (χ2n) is 1.67. The third-order valence-electron chi connectivity index (χ3n) is 1.00. The quantitative estimate of drug-likeness (QED) is 0.694. The molecule has 0 saturated heterocycles. The predicted octanol–water partition coefficient (Wildman–Crippen LogP) is 3.13. The Kier molecular flexibility index (Phi) is 2.96. The Bertz CT molecular complexity index is 229. The number of rotatable bonds is 2. The maximum absolute atomic E-state index is 4.78. The number of methoxy groups -OCH3 is 1. The lowest BCUT2D eigenvalue weighted by Crippen LogP contribution is -1.64. The van der Waals surface area contributed by atoms with Crippen LogP contribution in [-0.4, -0.2) is 7.11 Å². The summed E-state index contributed by atoms with van der Waals surface area (Å²) in [6.07, 6.45) is 3.59. The van der Waals surface area contributed by atoms with E-state index in [1.807, 2.05) is 17.5 Å². The monoisotopic (exact) mass is 218 g/mol. The fourth-order valence-electron chi connectivity index (χ4n) is 0.554. The molecular formula is C7H7BrOS. The van der Waals surface area contributed by atoms with E-state index >= 15 is 0 Å². The number of halogens is 1. The zero-order valence-corrected chi connectivity index (χ0v) is 7.91. The standard InChI is InChI=1S/C7H7BrOS/c1-9-4-2-7-6(8)3-5-10-7/h2-5H,1H3/b4-2-. The summed E-state index contributed by atoms with van der Waals surface area (Å²) in [6.45, 7) is 0. The molecule has 0 saturated carbocycles. The summed E-state index contributed by atoms with van der Waals surface area (Å²) in [5.74, 6) is 0. The van der Waals surface area contributed by atoms with Gasteiger partial charge in [-0.2, -0.15) is 0 Å². The zero-order valence-electron chi connectivity index (χ0n) is 5.50. The Morgan fingerprint density at radius 1 is 1.70 bits per heavy atom. The molecule has 0 aromatic carbocycles. The molecule has 0 aliphatic heterocycles. The van der Waals surface area contributed by atoms with E-state index in [0.717, 1.165) is 4.47 Å². The molecule has 0 radical (unpaired) electrons. The molecule has 0 unspecified atom stereocenters. The lowest BCUT2D eigenvalue weighted by molar-refractivity contribution is 0.341. The molecular weight excluding hydrogens is 212 g/mol. The van der Waals surface area contributed by atoms with Gasteiger partial charge in [0.25, 0.3) is 0 Å². The Morgan fingerprint density at radius 3 is 3.00 bits per heavy atom. The van der Waals surface area contributed by atoms with Crippen molar-refractivity contribution in [2.45, 2.75) is 0 Å². The van der Waals surface area contributed by atoms with Crippen molar-refractivity contribution in [2.75, 3.05) is 7.11 Å². The number of hydrogen-bond donors (Lipinski definition) is 0. The SMILES string of the molecule is CO/C=C\c1sccc1Br. The molecule has 1 rings (SSSR count). The highest BCUT2D eigenvalue weighted by molar-refractivity contribution is 9.10. The molecule has 0 fully saturated rings. The predicted molar refractivity (Wildman–Crippen MR) is 48.1 cm³/mol. The third kappa shape index (κ3) is 1.85.